The zero-order valence-electron chi connectivity index (χ0n) is 8.07. The lowest BCUT2D eigenvalue weighted by Gasteiger charge is -2.09. The van der Waals surface area contributed by atoms with Gasteiger partial charge in [-0.2, -0.15) is 0 Å². The molecule has 0 aliphatic rings. The minimum absolute atomic E-state index is 0. The molecule has 0 spiro atoms. The van der Waals surface area contributed by atoms with Crippen molar-refractivity contribution >= 4 is 12.4 Å². The minimum Gasteiger partial charge on any atom is -0.327 e. The summed E-state index contributed by atoms with van der Waals surface area (Å²) in [6.45, 7) is 2.17. The van der Waals surface area contributed by atoms with E-state index in [0.717, 1.165) is 12.8 Å². The van der Waals surface area contributed by atoms with Gasteiger partial charge in [-0.15, -0.1) is 12.4 Å². The quantitative estimate of drug-likeness (QED) is 0.793. The van der Waals surface area contributed by atoms with E-state index in [1.54, 1.807) is 0 Å². The first kappa shape index (κ1) is 12.5. The van der Waals surface area contributed by atoms with Crippen molar-refractivity contribution in [3.05, 3.63) is 35.9 Å². The van der Waals surface area contributed by atoms with E-state index in [1.807, 2.05) is 6.07 Å². The molecule has 1 nitrogen and oxygen atoms in total. The molecule has 2 N–H and O–H groups in total. The highest BCUT2D eigenvalue weighted by Gasteiger charge is 2.00. The van der Waals surface area contributed by atoms with Gasteiger partial charge in [-0.05, 0) is 18.4 Å². The first-order valence-corrected chi connectivity index (χ1v) is 4.62. The Hall–Kier alpha value is -0.530. The number of rotatable bonds is 4. The largest absolute Gasteiger partial charge is 0.327 e. The molecular formula is C11H18ClN. The molecular weight excluding hydrogens is 182 g/mol. The van der Waals surface area contributed by atoms with E-state index < -0.39 is 0 Å². The maximum Gasteiger partial charge on any atom is 0.00792 e. The van der Waals surface area contributed by atoms with Gasteiger partial charge >= 0.3 is 0 Å². The molecule has 0 heterocycles. The van der Waals surface area contributed by atoms with Gasteiger partial charge in [-0.25, -0.2) is 0 Å². The van der Waals surface area contributed by atoms with E-state index in [-0.39, 0.29) is 12.4 Å². The molecule has 0 radical (unpaired) electrons. The van der Waals surface area contributed by atoms with Crippen molar-refractivity contribution < 1.29 is 0 Å². The van der Waals surface area contributed by atoms with Gasteiger partial charge in [-0.1, -0.05) is 43.7 Å². The number of nitrogens with two attached hydrogens (primary N) is 1. The van der Waals surface area contributed by atoms with Gasteiger partial charge in [0.05, 0.1) is 0 Å². The van der Waals surface area contributed by atoms with Crippen molar-refractivity contribution in [1.29, 1.82) is 0 Å². The molecule has 1 aromatic carbocycles. The third-order valence-corrected chi connectivity index (χ3v) is 2.00. The van der Waals surface area contributed by atoms with Gasteiger partial charge in [0.15, 0.2) is 0 Å². The first-order valence-electron chi connectivity index (χ1n) is 4.62. The fourth-order valence-corrected chi connectivity index (χ4v) is 1.39. The topological polar surface area (TPSA) is 26.0 Å². The molecule has 0 amide bonds. The second-order valence-electron chi connectivity index (χ2n) is 3.24. The lowest BCUT2D eigenvalue weighted by molar-refractivity contribution is 0.600. The van der Waals surface area contributed by atoms with E-state index in [1.165, 1.54) is 12.0 Å². The predicted octanol–water partition coefficient (Wildman–Crippen LogP) is 2.78. The van der Waals surface area contributed by atoms with E-state index >= 15 is 0 Å². The van der Waals surface area contributed by atoms with Crippen LogP contribution in [0.1, 0.15) is 25.3 Å². The van der Waals surface area contributed by atoms with Crippen molar-refractivity contribution in [3.8, 4) is 0 Å². The summed E-state index contributed by atoms with van der Waals surface area (Å²) >= 11 is 0. The molecule has 0 aromatic heterocycles. The molecule has 1 atom stereocenters. The van der Waals surface area contributed by atoms with Crippen LogP contribution < -0.4 is 5.73 Å². The van der Waals surface area contributed by atoms with Crippen LogP contribution in [0.15, 0.2) is 30.3 Å². The van der Waals surface area contributed by atoms with Gasteiger partial charge in [-0.3, -0.25) is 0 Å². The van der Waals surface area contributed by atoms with Crippen LogP contribution in [0, 0.1) is 0 Å². The van der Waals surface area contributed by atoms with Crippen LogP contribution in [-0.4, -0.2) is 6.04 Å². The van der Waals surface area contributed by atoms with Crippen LogP contribution in [0.4, 0.5) is 0 Å². The van der Waals surface area contributed by atoms with Crippen LogP contribution in [0.5, 0.6) is 0 Å². The van der Waals surface area contributed by atoms with E-state index in [4.69, 9.17) is 5.73 Å². The Labute approximate surface area is 86.7 Å². The average molecular weight is 200 g/mol. The van der Waals surface area contributed by atoms with E-state index in [2.05, 4.69) is 31.2 Å². The molecule has 0 saturated heterocycles. The van der Waals surface area contributed by atoms with Crippen molar-refractivity contribution in [2.24, 2.45) is 5.73 Å². The van der Waals surface area contributed by atoms with Crippen LogP contribution in [0.25, 0.3) is 0 Å². The predicted molar refractivity (Wildman–Crippen MR) is 60.3 cm³/mol. The molecule has 0 bridgehead atoms. The molecule has 2 heteroatoms. The van der Waals surface area contributed by atoms with Crippen molar-refractivity contribution in [2.45, 2.75) is 32.2 Å². The molecule has 1 rings (SSSR count). The Balaban J connectivity index is 0.00000144. The smallest absolute Gasteiger partial charge is 0.00792 e. The molecule has 74 valence electrons. The minimum atomic E-state index is 0. The Bertz CT molecular complexity index is 211. The third-order valence-electron chi connectivity index (χ3n) is 2.00. The summed E-state index contributed by atoms with van der Waals surface area (Å²) in [4.78, 5) is 0. The van der Waals surface area contributed by atoms with Gasteiger partial charge in [0.1, 0.15) is 0 Å². The molecule has 1 aromatic rings. The van der Waals surface area contributed by atoms with Gasteiger partial charge in [0, 0.05) is 6.04 Å². The molecule has 0 saturated carbocycles. The standard InChI is InChI=1S/C11H17N.ClH/c1-2-6-11(12)9-10-7-4-3-5-8-10;/h3-5,7-8,11H,2,6,9,12H2,1H3;1H/t11-;/m0./s1. The van der Waals surface area contributed by atoms with E-state index in [9.17, 15) is 0 Å². The lowest BCUT2D eigenvalue weighted by atomic mass is 10.0. The molecule has 0 unspecified atom stereocenters. The summed E-state index contributed by atoms with van der Waals surface area (Å²) < 4.78 is 0. The molecule has 0 aliphatic heterocycles. The Morgan fingerprint density at radius 2 is 1.85 bits per heavy atom. The second-order valence-corrected chi connectivity index (χ2v) is 3.24. The average Bonchev–Trinajstić information content (AvgIpc) is 2.06. The highest BCUT2D eigenvalue weighted by atomic mass is 35.5. The summed E-state index contributed by atoms with van der Waals surface area (Å²) in [6.07, 6.45) is 3.30. The number of hydrogen-bond donors (Lipinski definition) is 1. The molecule has 0 fully saturated rings. The number of halogens is 1. The second kappa shape index (κ2) is 6.93. The van der Waals surface area contributed by atoms with Crippen LogP contribution in [0.2, 0.25) is 0 Å². The van der Waals surface area contributed by atoms with Crippen molar-refractivity contribution in [3.63, 3.8) is 0 Å². The first-order chi connectivity index (χ1) is 5.83. The van der Waals surface area contributed by atoms with E-state index in [0.29, 0.717) is 6.04 Å². The summed E-state index contributed by atoms with van der Waals surface area (Å²) in [7, 11) is 0. The highest BCUT2D eigenvalue weighted by Crippen LogP contribution is 2.04. The summed E-state index contributed by atoms with van der Waals surface area (Å²) in [5.74, 6) is 0. The summed E-state index contributed by atoms with van der Waals surface area (Å²) in [6, 6.07) is 10.8. The fourth-order valence-electron chi connectivity index (χ4n) is 1.39. The van der Waals surface area contributed by atoms with Crippen LogP contribution >= 0.6 is 12.4 Å². The fraction of sp³-hybridized carbons (Fsp3) is 0.455. The zero-order valence-corrected chi connectivity index (χ0v) is 8.89. The van der Waals surface area contributed by atoms with Crippen LogP contribution in [0.3, 0.4) is 0 Å². The Morgan fingerprint density at radius 1 is 1.23 bits per heavy atom. The Morgan fingerprint density at radius 3 is 2.38 bits per heavy atom. The molecule has 13 heavy (non-hydrogen) atoms. The zero-order chi connectivity index (χ0) is 8.81. The Kier molecular flexibility index (Phi) is 6.65. The highest BCUT2D eigenvalue weighted by molar-refractivity contribution is 5.85. The van der Waals surface area contributed by atoms with Crippen molar-refractivity contribution in [2.75, 3.05) is 0 Å². The molecule has 0 aliphatic carbocycles. The maximum absolute atomic E-state index is 5.92. The summed E-state index contributed by atoms with van der Waals surface area (Å²) in [5.41, 5.74) is 7.26. The third kappa shape index (κ3) is 4.91. The number of benzene rings is 1. The maximum atomic E-state index is 5.92. The lowest BCUT2D eigenvalue weighted by Crippen LogP contribution is -2.22. The summed E-state index contributed by atoms with van der Waals surface area (Å²) in [5, 5.41) is 0. The SMILES string of the molecule is CCC[C@H](N)Cc1ccccc1.Cl. The normalized spacial score (nSPS) is 11.8. The van der Waals surface area contributed by atoms with Gasteiger partial charge in [0.25, 0.3) is 0 Å². The van der Waals surface area contributed by atoms with Crippen LogP contribution in [-0.2, 0) is 6.42 Å². The monoisotopic (exact) mass is 199 g/mol. The van der Waals surface area contributed by atoms with Crippen molar-refractivity contribution in [1.82, 2.24) is 0 Å². The van der Waals surface area contributed by atoms with Gasteiger partial charge in [0.2, 0.25) is 0 Å². The number of hydrogen-bond acceptors (Lipinski definition) is 1. The van der Waals surface area contributed by atoms with Gasteiger partial charge < -0.3 is 5.73 Å².